The van der Waals surface area contributed by atoms with Crippen molar-refractivity contribution < 1.29 is 23.8 Å². The third kappa shape index (κ3) is 5.96. The molecule has 7 nitrogen and oxygen atoms in total. The van der Waals surface area contributed by atoms with Gasteiger partial charge in [-0.2, -0.15) is 0 Å². The Bertz CT molecular complexity index is 1360. The number of esters is 1. The number of ether oxygens (including phenoxy) is 3. The second-order valence-electron chi connectivity index (χ2n) is 7.97. The minimum absolute atomic E-state index is 0.113. The van der Waals surface area contributed by atoms with Crippen LogP contribution in [0.4, 0.5) is 4.79 Å². The highest BCUT2D eigenvalue weighted by molar-refractivity contribution is 6.35. The van der Waals surface area contributed by atoms with E-state index in [4.69, 9.17) is 49.0 Å². The fourth-order valence-electron chi connectivity index (χ4n) is 3.91. The second-order valence-corrected chi connectivity index (χ2v) is 9.22. The van der Waals surface area contributed by atoms with Gasteiger partial charge < -0.3 is 24.8 Å². The Hall–Kier alpha value is -3.39. The van der Waals surface area contributed by atoms with E-state index >= 15 is 0 Å². The summed E-state index contributed by atoms with van der Waals surface area (Å²) >= 11 is 18.9. The molecule has 0 saturated heterocycles. The third-order valence-electron chi connectivity index (χ3n) is 5.60. The van der Waals surface area contributed by atoms with Gasteiger partial charge in [-0.25, -0.2) is 9.59 Å². The number of rotatable bonds is 8. The summed E-state index contributed by atoms with van der Waals surface area (Å²) in [6.07, 6.45) is 0. The van der Waals surface area contributed by atoms with Gasteiger partial charge in [0.25, 0.3) is 0 Å². The Morgan fingerprint density at radius 2 is 1.76 bits per heavy atom. The molecule has 1 atom stereocenters. The van der Waals surface area contributed by atoms with Crippen LogP contribution in [-0.4, -0.2) is 25.7 Å². The molecule has 3 aromatic carbocycles. The van der Waals surface area contributed by atoms with Crippen LogP contribution in [0.15, 0.2) is 66.2 Å². The van der Waals surface area contributed by atoms with Crippen LogP contribution < -0.4 is 20.1 Å². The highest BCUT2D eigenvalue weighted by Crippen LogP contribution is 2.41. The number of hydrogen-bond donors (Lipinski definition) is 2. The molecule has 0 aromatic heterocycles. The zero-order chi connectivity index (χ0) is 26.5. The van der Waals surface area contributed by atoms with Crippen molar-refractivity contribution in [1.29, 1.82) is 0 Å². The van der Waals surface area contributed by atoms with E-state index in [1.807, 2.05) is 18.2 Å². The summed E-state index contributed by atoms with van der Waals surface area (Å²) < 4.78 is 16.8. The van der Waals surface area contributed by atoms with Gasteiger partial charge in [0, 0.05) is 15.6 Å². The van der Waals surface area contributed by atoms with Crippen molar-refractivity contribution in [3.63, 3.8) is 0 Å². The fraction of sp³-hybridized carbons (Fsp3) is 0.185. The van der Waals surface area contributed by atoms with Crippen molar-refractivity contribution in [2.45, 2.75) is 19.6 Å². The van der Waals surface area contributed by atoms with Crippen molar-refractivity contribution in [2.24, 2.45) is 0 Å². The maximum absolute atomic E-state index is 13.1. The molecule has 37 heavy (non-hydrogen) atoms. The monoisotopic (exact) mass is 560 g/mol. The van der Waals surface area contributed by atoms with Gasteiger partial charge in [-0.05, 0) is 42.3 Å². The molecule has 0 unspecified atom stereocenters. The molecule has 1 aliphatic rings. The number of benzene rings is 3. The van der Waals surface area contributed by atoms with Gasteiger partial charge in [0.1, 0.15) is 6.61 Å². The lowest BCUT2D eigenvalue weighted by molar-refractivity contribution is -0.138. The van der Waals surface area contributed by atoms with Crippen LogP contribution in [0.3, 0.4) is 0 Å². The van der Waals surface area contributed by atoms with Gasteiger partial charge in [-0.15, -0.1) is 0 Å². The zero-order valence-electron chi connectivity index (χ0n) is 19.9. The van der Waals surface area contributed by atoms with E-state index in [-0.39, 0.29) is 29.6 Å². The Labute approximate surface area is 229 Å². The van der Waals surface area contributed by atoms with Crippen molar-refractivity contribution in [2.75, 3.05) is 13.7 Å². The summed E-state index contributed by atoms with van der Waals surface area (Å²) in [5.74, 6) is 0.0145. The normalized spacial score (nSPS) is 15.1. The molecule has 0 radical (unpaired) electrons. The van der Waals surface area contributed by atoms with Crippen LogP contribution in [0, 0.1) is 0 Å². The molecule has 4 rings (SSSR count). The molecule has 0 saturated carbocycles. The maximum Gasteiger partial charge on any atom is 0.338 e. The minimum Gasteiger partial charge on any atom is -0.493 e. The predicted molar refractivity (Wildman–Crippen MR) is 143 cm³/mol. The first-order chi connectivity index (χ1) is 17.8. The molecule has 1 aliphatic heterocycles. The van der Waals surface area contributed by atoms with Gasteiger partial charge >= 0.3 is 12.0 Å². The second kappa shape index (κ2) is 11.8. The fourth-order valence-corrected chi connectivity index (χ4v) is 4.65. The number of halogens is 3. The summed E-state index contributed by atoms with van der Waals surface area (Å²) in [6.45, 7) is 1.99. The quantitative estimate of drug-likeness (QED) is 0.304. The SMILES string of the molecule is CCOC(=O)C1=C(c2ccccc2)NC(=O)N[C@H]1c1cc(Cl)c(OCc2ccc(Cl)cc2Cl)c(OC)c1. The molecular formula is C27H23Cl3N2O5. The molecule has 192 valence electrons. The summed E-state index contributed by atoms with van der Waals surface area (Å²) in [7, 11) is 1.47. The molecular weight excluding hydrogens is 539 g/mol. The Morgan fingerprint density at radius 3 is 2.43 bits per heavy atom. The van der Waals surface area contributed by atoms with E-state index in [9.17, 15) is 9.59 Å². The molecule has 0 bridgehead atoms. The molecule has 3 aromatic rings. The van der Waals surface area contributed by atoms with E-state index in [1.165, 1.54) is 7.11 Å². The van der Waals surface area contributed by atoms with Gasteiger partial charge in [0.15, 0.2) is 11.5 Å². The molecule has 0 fully saturated rings. The first-order valence-corrected chi connectivity index (χ1v) is 12.4. The third-order valence-corrected chi connectivity index (χ3v) is 6.47. The van der Waals surface area contributed by atoms with Crippen LogP contribution in [0.25, 0.3) is 5.70 Å². The van der Waals surface area contributed by atoms with Gasteiger partial charge in [0.05, 0.1) is 36.1 Å². The van der Waals surface area contributed by atoms with Gasteiger partial charge in [-0.1, -0.05) is 71.2 Å². The molecule has 1 heterocycles. The van der Waals surface area contributed by atoms with Crippen molar-refractivity contribution in [1.82, 2.24) is 10.6 Å². The summed E-state index contributed by atoms with van der Waals surface area (Å²) in [4.78, 5) is 25.8. The van der Waals surface area contributed by atoms with Crippen LogP contribution in [0.1, 0.15) is 29.7 Å². The molecule has 2 amide bonds. The summed E-state index contributed by atoms with van der Waals surface area (Å²) in [5, 5.41) is 6.72. The van der Waals surface area contributed by atoms with E-state index < -0.39 is 18.0 Å². The van der Waals surface area contributed by atoms with Crippen molar-refractivity contribution >= 4 is 52.5 Å². The number of carbonyl (C=O) groups excluding carboxylic acids is 2. The smallest absolute Gasteiger partial charge is 0.338 e. The van der Waals surface area contributed by atoms with E-state index in [0.717, 1.165) is 0 Å². The Balaban J connectivity index is 1.75. The number of urea groups is 1. The molecule has 10 heteroatoms. The van der Waals surface area contributed by atoms with Crippen molar-refractivity contribution in [3.05, 3.63) is 98.0 Å². The maximum atomic E-state index is 13.1. The topological polar surface area (TPSA) is 85.9 Å². The number of nitrogens with one attached hydrogen (secondary N) is 2. The lowest BCUT2D eigenvalue weighted by Crippen LogP contribution is -2.45. The van der Waals surface area contributed by atoms with E-state index in [2.05, 4.69) is 10.6 Å². The molecule has 0 aliphatic carbocycles. The van der Waals surface area contributed by atoms with Crippen LogP contribution >= 0.6 is 34.8 Å². The summed E-state index contributed by atoms with van der Waals surface area (Å²) in [6, 6.07) is 16.1. The largest absolute Gasteiger partial charge is 0.493 e. The lowest BCUT2D eigenvalue weighted by atomic mass is 9.92. The van der Waals surface area contributed by atoms with Crippen LogP contribution in [0.5, 0.6) is 11.5 Å². The predicted octanol–water partition coefficient (Wildman–Crippen LogP) is 6.56. The highest BCUT2D eigenvalue weighted by Gasteiger charge is 2.35. The molecule has 0 spiro atoms. The van der Waals surface area contributed by atoms with Gasteiger partial charge in [0.2, 0.25) is 0 Å². The Kier molecular flexibility index (Phi) is 8.48. The zero-order valence-corrected chi connectivity index (χ0v) is 22.2. The first-order valence-electron chi connectivity index (χ1n) is 11.3. The lowest BCUT2D eigenvalue weighted by Gasteiger charge is -2.30. The van der Waals surface area contributed by atoms with Crippen molar-refractivity contribution in [3.8, 4) is 11.5 Å². The molecule has 2 N–H and O–H groups in total. The van der Waals surface area contributed by atoms with Gasteiger partial charge in [-0.3, -0.25) is 0 Å². The number of amides is 2. The van der Waals surface area contributed by atoms with E-state index in [0.29, 0.717) is 38.2 Å². The van der Waals surface area contributed by atoms with E-state index in [1.54, 1.807) is 49.4 Å². The van der Waals surface area contributed by atoms with Crippen LogP contribution in [-0.2, 0) is 16.1 Å². The number of methoxy groups -OCH3 is 1. The van der Waals surface area contributed by atoms with Crippen LogP contribution in [0.2, 0.25) is 15.1 Å². The average molecular weight is 562 g/mol. The standard InChI is InChI=1S/C27H23Cl3N2O5/c1-3-36-26(33)22-23(15-7-5-4-6-8-15)31-27(34)32-24(22)17-11-20(30)25(21(12-17)35-2)37-14-16-9-10-18(28)13-19(16)29/h4-13,24H,3,14H2,1-2H3,(H2,31,32,34)/t24-/m0/s1. The Morgan fingerprint density at radius 1 is 1.00 bits per heavy atom. The minimum atomic E-state index is -0.867. The average Bonchev–Trinajstić information content (AvgIpc) is 2.88. The summed E-state index contributed by atoms with van der Waals surface area (Å²) in [5.41, 5.74) is 2.44. The first kappa shape index (κ1) is 26.7. The highest BCUT2D eigenvalue weighted by atomic mass is 35.5. The number of carbonyl (C=O) groups is 2. The number of hydrogen-bond acceptors (Lipinski definition) is 5.